The van der Waals surface area contributed by atoms with Crippen molar-refractivity contribution in [1.82, 2.24) is 0 Å². The smallest absolute Gasteiger partial charge is 0.199 e. The number of hydrogen-bond acceptors (Lipinski definition) is 2. The molecule has 0 N–H and O–H groups in total. The maximum Gasteiger partial charge on any atom is 0.199 e. The fourth-order valence-corrected chi connectivity index (χ4v) is 9.11. The van der Waals surface area contributed by atoms with Gasteiger partial charge in [0.15, 0.2) is 8.32 Å². The Labute approximate surface area is 137 Å². The van der Waals surface area contributed by atoms with Crippen LogP contribution in [0.3, 0.4) is 0 Å². The third-order valence-electron chi connectivity index (χ3n) is 5.41. The van der Waals surface area contributed by atoms with Crippen molar-refractivity contribution in [3.8, 4) is 0 Å². The molecule has 0 spiro atoms. The van der Waals surface area contributed by atoms with Gasteiger partial charge in [0, 0.05) is 5.57 Å². The van der Waals surface area contributed by atoms with Crippen molar-refractivity contribution in [2.45, 2.75) is 70.7 Å². The molecule has 1 saturated heterocycles. The molecule has 0 amide bonds. The van der Waals surface area contributed by atoms with Gasteiger partial charge in [-0.2, -0.15) is 0 Å². The van der Waals surface area contributed by atoms with Crippen LogP contribution in [-0.2, 0) is 9.16 Å². The van der Waals surface area contributed by atoms with Crippen molar-refractivity contribution in [3.05, 3.63) is 36.1 Å². The molecule has 0 bridgehead atoms. The Kier molecular flexibility index (Phi) is 5.39. The zero-order valence-corrected chi connectivity index (χ0v) is 15.9. The summed E-state index contributed by atoms with van der Waals surface area (Å²) in [6.45, 7) is 20.3. The van der Waals surface area contributed by atoms with Gasteiger partial charge in [-0.1, -0.05) is 40.3 Å². The first-order valence-electron chi connectivity index (χ1n) is 8.71. The summed E-state index contributed by atoms with van der Waals surface area (Å²) in [5.41, 5.74) is 3.80. The van der Waals surface area contributed by atoms with Crippen molar-refractivity contribution in [2.24, 2.45) is 5.92 Å². The van der Waals surface area contributed by atoms with E-state index in [9.17, 15) is 0 Å². The lowest BCUT2D eigenvalue weighted by Crippen LogP contribution is -2.53. The van der Waals surface area contributed by atoms with E-state index in [2.05, 4.69) is 40.9 Å². The van der Waals surface area contributed by atoms with E-state index in [0.29, 0.717) is 23.6 Å². The monoisotopic (exact) mass is 320 g/mol. The van der Waals surface area contributed by atoms with E-state index >= 15 is 0 Å². The number of fused-ring (bicyclic) bond motifs is 1. The van der Waals surface area contributed by atoms with Gasteiger partial charge >= 0.3 is 0 Å². The van der Waals surface area contributed by atoms with Gasteiger partial charge in [0.2, 0.25) is 0 Å². The quantitative estimate of drug-likeness (QED) is 0.469. The molecule has 1 heterocycles. The highest BCUT2D eigenvalue weighted by molar-refractivity contribution is 6.76. The summed E-state index contributed by atoms with van der Waals surface area (Å²) < 4.78 is 12.8. The summed E-state index contributed by atoms with van der Waals surface area (Å²) in [7, 11) is -1.78. The zero-order valence-electron chi connectivity index (χ0n) is 14.9. The first kappa shape index (κ1) is 17.5. The van der Waals surface area contributed by atoms with Crippen LogP contribution in [0.1, 0.15) is 47.5 Å². The van der Waals surface area contributed by atoms with E-state index < -0.39 is 8.32 Å². The van der Waals surface area contributed by atoms with Crippen molar-refractivity contribution in [3.63, 3.8) is 0 Å². The number of allylic oxidation sites excluding steroid dienone is 1. The lowest BCUT2D eigenvalue weighted by molar-refractivity contribution is 0.166. The minimum Gasteiger partial charge on any atom is -0.494 e. The van der Waals surface area contributed by atoms with E-state index in [0.717, 1.165) is 24.2 Å². The molecule has 2 nitrogen and oxygen atoms in total. The Bertz CT molecular complexity index is 468. The zero-order chi connectivity index (χ0) is 16.5. The van der Waals surface area contributed by atoms with E-state index in [4.69, 9.17) is 9.16 Å². The summed E-state index contributed by atoms with van der Waals surface area (Å²) in [6, 6.07) is 1.21. The maximum absolute atomic E-state index is 6.86. The molecule has 3 heteroatoms. The molecule has 2 rings (SSSR count). The Morgan fingerprint density at radius 2 is 1.95 bits per heavy atom. The topological polar surface area (TPSA) is 18.5 Å². The van der Waals surface area contributed by atoms with E-state index in [1.165, 1.54) is 11.6 Å². The number of ether oxygens (including phenoxy) is 1. The molecule has 0 saturated carbocycles. The SMILES string of the molecule is C=CCC1O[Si](C(C)C)(C(C)C)CC2CC(=C)C(OCC)=C21. The molecule has 2 unspecified atom stereocenters. The molecular weight excluding hydrogens is 288 g/mol. The van der Waals surface area contributed by atoms with E-state index in [-0.39, 0.29) is 6.10 Å². The van der Waals surface area contributed by atoms with E-state index in [1.807, 2.05) is 13.0 Å². The van der Waals surface area contributed by atoms with Crippen LogP contribution < -0.4 is 0 Å². The Balaban J connectivity index is 2.44. The Hall–Kier alpha value is -0.803. The van der Waals surface area contributed by atoms with Crippen molar-refractivity contribution in [1.29, 1.82) is 0 Å². The lowest BCUT2D eigenvalue weighted by atomic mass is 9.96. The molecule has 0 aromatic heterocycles. The van der Waals surface area contributed by atoms with Crippen LogP contribution in [-0.4, -0.2) is 21.0 Å². The Morgan fingerprint density at radius 1 is 1.32 bits per heavy atom. The predicted molar refractivity (Wildman–Crippen MR) is 96.3 cm³/mol. The minimum absolute atomic E-state index is 0.147. The summed E-state index contributed by atoms with van der Waals surface area (Å²) in [5, 5.41) is 0. The number of rotatable bonds is 6. The van der Waals surface area contributed by atoms with Gasteiger partial charge in [-0.15, -0.1) is 6.58 Å². The highest BCUT2D eigenvalue weighted by Crippen LogP contribution is 2.53. The predicted octanol–water partition coefficient (Wildman–Crippen LogP) is 5.59. The maximum atomic E-state index is 6.86. The highest BCUT2D eigenvalue weighted by Gasteiger charge is 2.53. The van der Waals surface area contributed by atoms with Crippen LogP contribution in [0.4, 0.5) is 0 Å². The molecule has 124 valence electrons. The second kappa shape index (κ2) is 6.75. The van der Waals surface area contributed by atoms with Gasteiger partial charge in [0.05, 0.1) is 12.7 Å². The van der Waals surface area contributed by atoms with Crippen LogP contribution >= 0.6 is 0 Å². The second-order valence-corrected chi connectivity index (χ2v) is 12.2. The number of hydrogen-bond donors (Lipinski definition) is 0. The molecule has 2 atom stereocenters. The van der Waals surface area contributed by atoms with Gasteiger partial charge in [-0.25, -0.2) is 0 Å². The Morgan fingerprint density at radius 3 is 2.45 bits per heavy atom. The summed E-state index contributed by atoms with van der Waals surface area (Å²) in [5.74, 6) is 1.61. The van der Waals surface area contributed by atoms with Gasteiger partial charge in [0.25, 0.3) is 0 Å². The van der Waals surface area contributed by atoms with Crippen LogP contribution in [0.15, 0.2) is 36.1 Å². The van der Waals surface area contributed by atoms with Crippen LogP contribution in [0, 0.1) is 5.92 Å². The first-order chi connectivity index (χ1) is 10.4. The highest BCUT2D eigenvalue weighted by atomic mass is 28.4. The third kappa shape index (κ3) is 2.85. The minimum atomic E-state index is -1.78. The molecule has 2 aliphatic rings. The summed E-state index contributed by atoms with van der Waals surface area (Å²) >= 11 is 0. The summed E-state index contributed by atoms with van der Waals surface area (Å²) in [6.07, 6.45) is 4.07. The molecule has 1 aliphatic heterocycles. The van der Waals surface area contributed by atoms with Crippen LogP contribution in [0.2, 0.25) is 17.1 Å². The molecule has 22 heavy (non-hydrogen) atoms. The molecule has 1 fully saturated rings. The first-order valence-corrected chi connectivity index (χ1v) is 11.0. The molecule has 0 aromatic rings. The molecule has 0 radical (unpaired) electrons. The third-order valence-corrected chi connectivity index (χ3v) is 11.2. The second-order valence-electron chi connectivity index (χ2n) is 7.32. The molecule has 1 aliphatic carbocycles. The lowest BCUT2D eigenvalue weighted by Gasteiger charge is -2.48. The standard InChI is InChI=1S/C19H32O2Si/c1-8-10-17-18-16(11-15(7)19(18)20-9-2)12-22(21-17,13(3)4)14(5)6/h8,13-14,16-17H,1,7,9-12H2,2-6H3. The van der Waals surface area contributed by atoms with E-state index in [1.54, 1.807) is 0 Å². The average Bonchev–Trinajstić information content (AvgIpc) is 2.75. The fraction of sp³-hybridized carbons (Fsp3) is 0.684. The molecular formula is C19H32O2Si. The summed E-state index contributed by atoms with van der Waals surface area (Å²) in [4.78, 5) is 0. The van der Waals surface area contributed by atoms with Crippen LogP contribution in [0.5, 0.6) is 0 Å². The largest absolute Gasteiger partial charge is 0.494 e. The van der Waals surface area contributed by atoms with Gasteiger partial charge in [0.1, 0.15) is 5.76 Å². The van der Waals surface area contributed by atoms with Crippen molar-refractivity contribution >= 4 is 8.32 Å². The fourth-order valence-electron chi connectivity index (χ4n) is 4.31. The van der Waals surface area contributed by atoms with Crippen LogP contribution in [0.25, 0.3) is 0 Å². The van der Waals surface area contributed by atoms with Gasteiger partial charge in [-0.05, 0) is 48.4 Å². The average molecular weight is 321 g/mol. The van der Waals surface area contributed by atoms with Gasteiger partial charge < -0.3 is 9.16 Å². The van der Waals surface area contributed by atoms with Crippen molar-refractivity contribution in [2.75, 3.05) is 6.61 Å². The normalized spacial score (nSPS) is 27.5. The molecule has 0 aromatic carbocycles. The van der Waals surface area contributed by atoms with Gasteiger partial charge in [-0.3, -0.25) is 0 Å². The van der Waals surface area contributed by atoms with Crippen molar-refractivity contribution < 1.29 is 9.16 Å².